The molecule has 1 rings (SSSR count). The number of hydrogen-bond donors (Lipinski definition) is 0. The summed E-state index contributed by atoms with van der Waals surface area (Å²) in [5.74, 6) is 0. The van der Waals surface area contributed by atoms with Crippen LogP contribution < -0.4 is 0 Å². The van der Waals surface area contributed by atoms with Crippen molar-refractivity contribution >= 4 is 15.9 Å². The Labute approximate surface area is 84.0 Å². The van der Waals surface area contributed by atoms with Crippen molar-refractivity contribution in [1.82, 2.24) is 0 Å². The highest BCUT2D eigenvalue weighted by Gasteiger charge is 2.26. The molecular formula is C10H19BrO. The maximum Gasteiger partial charge on any atom is 0.0596 e. The molecule has 0 heterocycles. The Bertz CT molecular complexity index is 110. The fourth-order valence-electron chi connectivity index (χ4n) is 1.42. The van der Waals surface area contributed by atoms with Crippen LogP contribution in [0.4, 0.5) is 0 Å². The first kappa shape index (κ1) is 10.5. The van der Waals surface area contributed by atoms with Gasteiger partial charge in [0.15, 0.2) is 0 Å². The second-order valence-corrected chi connectivity index (χ2v) is 4.92. The van der Waals surface area contributed by atoms with Gasteiger partial charge in [0.2, 0.25) is 0 Å². The molecule has 1 aliphatic rings. The van der Waals surface area contributed by atoms with Crippen molar-refractivity contribution < 1.29 is 4.74 Å². The molecule has 0 unspecified atom stereocenters. The third kappa shape index (κ3) is 3.90. The van der Waals surface area contributed by atoms with Crippen LogP contribution in [0.25, 0.3) is 0 Å². The van der Waals surface area contributed by atoms with Gasteiger partial charge in [-0.15, -0.1) is 0 Å². The molecule has 0 atom stereocenters. The van der Waals surface area contributed by atoms with Crippen molar-refractivity contribution in [3.8, 4) is 0 Å². The highest BCUT2D eigenvalue weighted by molar-refractivity contribution is 9.09. The number of alkyl halides is 1. The van der Waals surface area contributed by atoms with E-state index in [4.69, 9.17) is 4.74 Å². The van der Waals surface area contributed by atoms with Gasteiger partial charge in [0.25, 0.3) is 0 Å². The van der Waals surface area contributed by atoms with Gasteiger partial charge in [-0.25, -0.2) is 0 Å². The third-order valence-corrected chi connectivity index (χ3v) is 3.14. The van der Waals surface area contributed by atoms with Crippen molar-refractivity contribution in [3.05, 3.63) is 0 Å². The molecule has 0 aromatic heterocycles. The molecule has 1 nitrogen and oxygen atoms in total. The third-order valence-electron chi connectivity index (χ3n) is 2.39. The second-order valence-electron chi connectivity index (χ2n) is 3.62. The Hall–Kier alpha value is 0.440. The zero-order valence-electron chi connectivity index (χ0n) is 7.89. The summed E-state index contributed by atoms with van der Waals surface area (Å²) in [6.45, 7) is 3.21. The number of rotatable bonds is 6. The lowest BCUT2D eigenvalue weighted by Gasteiger charge is -2.31. The first-order chi connectivity index (χ1) is 5.83. The van der Waals surface area contributed by atoms with Crippen LogP contribution >= 0.6 is 15.9 Å². The molecule has 1 aliphatic carbocycles. The normalized spacial score (nSPS) is 28.5. The van der Waals surface area contributed by atoms with Gasteiger partial charge in [0, 0.05) is 11.4 Å². The largest absolute Gasteiger partial charge is 0.378 e. The first-order valence-corrected chi connectivity index (χ1v) is 6.00. The molecule has 1 fully saturated rings. The van der Waals surface area contributed by atoms with E-state index in [-0.39, 0.29) is 0 Å². The van der Waals surface area contributed by atoms with Gasteiger partial charge in [-0.3, -0.25) is 0 Å². The van der Waals surface area contributed by atoms with E-state index in [1.165, 1.54) is 38.5 Å². The van der Waals surface area contributed by atoms with Gasteiger partial charge in [0.05, 0.1) is 6.10 Å². The lowest BCUT2D eigenvalue weighted by Crippen LogP contribution is -2.31. The molecule has 0 saturated heterocycles. The van der Waals surface area contributed by atoms with Crippen LogP contribution in [0.3, 0.4) is 0 Å². The van der Waals surface area contributed by atoms with Crippen LogP contribution in [-0.2, 0) is 4.74 Å². The van der Waals surface area contributed by atoms with E-state index >= 15 is 0 Å². The highest BCUT2D eigenvalue weighted by Crippen LogP contribution is 2.29. The summed E-state index contributed by atoms with van der Waals surface area (Å²) in [7, 11) is 0. The van der Waals surface area contributed by atoms with Gasteiger partial charge in [-0.05, 0) is 19.3 Å². The zero-order valence-corrected chi connectivity index (χ0v) is 9.48. The molecule has 0 aliphatic heterocycles. The maximum atomic E-state index is 5.66. The zero-order chi connectivity index (χ0) is 8.81. The minimum atomic E-state index is 0.566. The Morgan fingerprint density at radius 2 is 2.00 bits per heavy atom. The predicted octanol–water partition coefficient (Wildman–Crippen LogP) is 3.51. The molecule has 0 spiro atoms. The summed E-state index contributed by atoms with van der Waals surface area (Å²) in [5.41, 5.74) is 0. The number of hydrogen-bond acceptors (Lipinski definition) is 1. The molecule has 0 aromatic carbocycles. The minimum Gasteiger partial charge on any atom is -0.378 e. The van der Waals surface area contributed by atoms with Crippen molar-refractivity contribution in [2.45, 2.75) is 56.4 Å². The Morgan fingerprint density at radius 1 is 1.25 bits per heavy atom. The minimum absolute atomic E-state index is 0.566. The molecule has 72 valence electrons. The average molecular weight is 235 g/mol. The van der Waals surface area contributed by atoms with Gasteiger partial charge in [-0.1, -0.05) is 42.1 Å². The fourth-order valence-corrected chi connectivity index (χ4v) is 2.25. The van der Waals surface area contributed by atoms with E-state index in [9.17, 15) is 0 Å². The van der Waals surface area contributed by atoms with E-state index in [1.807, 2.05) is 0 Å². The Balaban J connectivity index is 1.77. The topological polar surface area (TPSA) is 9.23 Å². The number of ether oxygens (including phenoxy) is 1. The van der Waals surface area contributed by atoms with Crippen LogP contribution in [0.1, 0.15) is 45.4 Å². The summed E-state index contributed by atoms with van der Waals surface area (Å²) in [6.07, 6.45) is 8.25. The summed E-state index contributed by atoms with van der Waals surface area (Å²) in [5, 5.41) is 0. The molecule has 1 saturated carbocycles. The quantitative estimate of drug-likeness (QED) is 0.505. The van der Waals surface area contributed by atoms with Crippen LogP contribution in [0.5, 0.6) is 0 Å². The van der Waals surface area contributed by atoms with E-state index < -0.39 is 0 Å². The van der Waals surface area contributed by atoms with Crippen molar-refractivity contribution in [2.75, 3.05) is 6.61 Å². The molecule has 12 heavy (non-hydrogen) atoms. The van der Waals surface area contributed by atoms with Crippen LogP contribution in [0.2, 0.25) is 0 Å². The predicted molar refractivity (Wildman–Crippen MR) is 55.8 cm³/mol. The summed E-state index contributed by atoms with van der Waals surface area (Å²) < 4.78 is 5.66. The van der Waals surface area contributed by atoms with Gasteiger partial charge in [-0.2, -0.15) is 0 Å². The van der Waals surface area contributed by atoms with Gasteiger partial charge < -0.3 is 4.74 Å². The smallest absolute Gasteiger partial charge is 0.0596 e. The molecular weight excluding hydrogens is 216 g/mol. The molecule has 0 radical (unpaired) electrons. The summed E-state index contributed by atoms with van der Waals surface area (Å²) >= 11 is 3.55. The monoisotopic (exact) mass is 234 g/mol. The molecule has 2 heteroatoms. The van der Waals surface area contributed by atoms with Gasteiger partial charge in [0.1, 0.15) is 0 Å². The number of halogens is 1. The van der Waals surface area contributed by atoms with Crippen molar-refractivity contribution in [1.29, 1.82) is 0 Å². The van der Waals surface area contributed by atoms with Crippen molar-refractivity contribution in [3.63, 3.8) is 0 Å². The fraction of sp³-hybridized carbons (Fsp3) is 1.00. The van der Waals surface area contributed by atoms with Crippen LogP contribution in [0.15, 0.2) is 0 Å². The standard InChI is InChI=1S/C10H19BrO/c1-2-3-4-5-6-12-10-7-9(11)8-10/h9-10H,2-8H2,1H3. The van der Waals surface area contributed by atoms with E-state index in [0.29, 0.717) is 6.10 Å². The molecule has 0 aromatic rings. The van der Waals surface area contributed by atoms with E-state index in [2.05, 4.69) is 22.9 Å². The SMILES string of the molecule is CCCCCCOC1CC(Br)C1. The van der Waals surface area contributed by atoms with E-state index in [0.717, 1.165) is 11.4 Å². The Kier molecular flexibility index (Phi) is 5.24. The molecule has 0 amide bonds. The van der Waals surface area contributed by atoms with Crippen molar-refractivity contribution in [2.24, 2.45) is 0 Å². The Morgan fingerprint density at radius 3 is 2.58 bits per heavy atom. The van der Waals surface area contributed by atoms with Gasteiger partial charge >= 0.3 is 0 Å². The lowest BCUT2D eigenvalue weighted by atomic mass is 9.96. The highest BCUT2D eigenvalue weighted by atomic mass is 79.9. The average Bonchev–Trinajstić information content (AvgIpc) is 2.00. The van der Waals surface area contributed by atoms with E-state index in [1.54, 1.807) is 0 Å². The molecule has 0 bridgehead atoms. The summed E-state index contributed by atoms with van der Waals surface area (Å²) in [6, 6.07) is 0. The number of unbranched alkanes of at least 4 members (excludes halogenated alkanes) is 3. The van der Waals surface area contributed by atoms with Crippen LogP contribution in [0, 0.1) is 0 Å². The second kappa shape index (κ2) is 5.98. The molecule has 0 N–H and O–H groups in total. The maximum absolute atomic E-state index is 5.66. The first-order valence-electron chi connectivity index (χ1n) is 5.08. The summed E-state index contributed by atoms with van der Waals surface area (Å²) in [4.78, 5) is 0.734. The lowest BCUT2D eigenvalue weighted by molar-refractivity contribution is 0.00549. The van der Waals surface area contributed by atoms with Crippen LogP contribution in [-0.4, -0.2) is 17.5 Å².